The molecule has 0 N–H and O–H groups in total. The molecule has 0 unspecified atom stereocenters. The molecule has 0 fully saturated rings. The first kappa shape index (κ1) is 26.0. The van der Waals surface area contributed by atoms with Crippen LogP contribution in [0.25, 0.3) is 10.2 Å². The van der Waals surface area contributed by atoms with Gasteiger partial charge < -0.3 is 13.9 Å². The molecule has 0 bridgehead atoms. The summed E-state index contributed by atoms with van der Waals surface area (Å²) >= 11 is 4.99. The topological polar surface area (TPSA) is 87.3 Å². The van der Waals surface area contributed by atoms with E-state index in [1.54, 1.807) is 7.11 Å². The second kappa shape index (κ2) is 12.0. The molecule has 0 aliphatic rings. The van der Waals surface area contributed by atoms with Crippen LogP contribution in [0.1, 0.15) is 65.3 Å². The normalized spacial score (nSPS) is 10.6. The number of esters is 1. The van der Waals surface area contributed by atoms with Crippen molar-refractivity contribution in [1.82, 2.24) is 15.2 Å². The third-order valence-electron chi connectivity index (χ3n) is 3.22. The minimum absolute atomic E-state index is 0.0507. The first-order valence-electron chi connectivity index (χ1n) is 9.89. The van der Waals surface area contributed by atoms with E-state index in [1.165, 1.54) is 11.3 Å². The van der Waals surface area contributed by atoms with Crippen LogP contribution in [0.2, 0.25) is 0 Å². The predicted molar refractivity (Wildman–Crippen MR) is 123 cm³/mol. The highest BCUT2D eigenvalue weighted by Gasteiger charge is 2.20. The molecule has 2 aromatic heterocycles. The molecular formula is C21H30BrN3O4S. The highest BCUT2D eigenvalue weighted by Crippen LogP contribution is 2.34. The van der Waals surface area contributed by atoms with Crippen molar-refractivity contribution in [3.8, 4) is 5.75 Å². The van der Waals surface area contributed by atoms with E-state index in [0.717, 1.165) is 19.7 Å². The molecular weight excluding hydrogens is 470 g/mol. The number of nitrogens with zero attached hydrogens (tertiary/aromatic N) is 3. The molecule has 0 spiro atoms. The van der Waals surface area contributed by atoms with Crippen molar-refractivity contribution in [3.05, 3.63) is 33.4 Å². The molecule has 3 rings (SSSR count). The Kier molecular flexibility index (Phi) is 10.4. The number of ether oxygens (including phenoxy) is 2. The number of carbonyl (C=O) groups is 1. The molecule has 2 heterocycles. The first-order valence-corrected chi connectivity index (χ1v) is 11.5. The van der Waals surface area contributed by atoms with Crippen molar-refractivity contribution >= 4 is 43.5 Å². The van der Waals surface area contributed by atoms with Gasteiger partial charge in [0.1, 0.15) is 28.3 Å². The Morgan fingerprint density at radius 2 is 1.77 bits per heavy atom. The van der Waals surface area contributed by atoms with Crippen LogP contribution >= 0.6 is 27.3 Å². The van der Waals surface area contributed by atoms with Crippen LogP contribution in [0.5, 0.6) is 5.75 Å². The van der Waals surface area contributed by atoms with Gasteiger partial charge in [-0.25, -0.2) is 4.98 Å². The van der Waals surface area contributed by atoms with E-state index in [0.29, 0.717) is 18.1 Å². The van der Waals surface area contributed by atoms with Gasteiger partial charge in [0.25, 0.3) is 0 Å². The van der Waals surface area contributed by atoms with Gasteiger partial charge in [-0.05, 0) is 32.9 Å². The summed E-state index contributed by atoms with van der Waals surface area (Å²) < 4.78 is 18.1. The van der Waals surface area contributed by atoms with Gasteiger partial charge in [0.05, 0.1) is 18.2 Å². The fourth-order valence-corrected chi connectivity index (χ4v) is 3.91. The summed E-state index contributed by atoms with van der Waals surface area (Å²) in [5.74, 6) is 0.937. The Labute approximate surface area is 190 Å². The second-order valence-electron chi connectivity index (χ2n) is 6.59. The fourth-order valence-electron chi connectivity index (χ4n) is 2.31. The zero-order chi connectivity index (χ0) is 22.9. The van der Waals surface area contributed by atoms with E-state index in [2.05, 4.69) is 31.1 Å². The number of rotatable bonds is 5. The van der Waals surface area contributed by atoms with E-state index in [4.69, 9.17) is 13.9 Å². The molecule has 0 aliphatic heterocycles. The Morgan fingerprint density at radius 1 is 1.13 bits per heavy atom. The summed E-state index contributed by atoms with van der Waals surface area (Å²) in [4.78, 5) is 16.4. The number of halogens is 1. The molecule has 0 amide bonds. The van der Waals surface area contributed by atoms with Crippen molar-refractivity contribution < 1.29 is 18.7 Å². The lowest BCUT2D eigenvalue weighted by Gasteiger charge is -2.18. The standard InChI is InChI=1S/C17H18BrN3O4S.2C2H6/c1-17(2,3)25-15(22)8-13-21-20-12(24-13)7-14-19-16-10(23-4)5-9(18)6-11(16)26-14;2*1-2/h5-6H,7-8H2,1-4H3;2*1-2H3. The van der Waals surface area contributed by atoms with E-state index < -0.39 is 11.6 Å². The Bertz CT molecular complexity index is 948. The SMILES string of the molecule is CC.CC.COc1cc(Br)cc2sc(Cc3nnc(CC(=O)OC(C)(C)C)o3)nc12. The highest BCUT2D eigenvalue weighted by atomic mass is 79.9. The van der Waals surface area contributed by atoms with Crippen LogP contribution in [0.3, 0.4) is 0 Å². The summed E-state index contributed by atoms with van der Waals surface area (Å²) in [6.07, 6.45) is 0.340. The molecule has 0 saturated carbocycles. The van der Waals surface area contributed by atoms with Crippen molar-refractivity contribution in [2.75, 3.05) is 7.11 Å². The summed E-state index contributed by atoms with van der Waals surface area (Å²) in [6, 6.07) is 3.86. The van der Waals surface area contributed by atoms with Gasteiger partial charge in [0, 0.05) is 4.47 Å². The molecule has 166 valence electrons. The molecule has 3 aromatic rings. The Hall–Kier alpha value is -2.00. The first-order chi connectivity index (χ1) is 14.2. The van der Waals surface area contributed by atoms with Gasteiger partial charge in [-0.15, -0.1) is 21.5 Å². The molecule has 9 heteroatoms. The molecule has 0 atom stereocenters. The van der Waals surface area contributed by atoms with Gasteiger partial charge in [-0.1, -0.05) is 43.6 Å². The number of fused-ring (bicyclic) bond motifs is 1. The van der Waals surface area contributed by atoms with E-state index in [1.807, 2.05) is 60.6 Å². The van der Waals surface area contributed by atoms with Crippen LogP contribution in [0, 0.1) is 0 Å². The highest BCUT2D eigenvalue weighted by molar-refractivity contribution is 9.10. The lowest BCUT2D eigenvalue weighted by atomic mass is 10.2. The molecule has 0 aliphatic carbocycles. The van der Waals surface area contributed by atoms with Crippen LogP contribution in [-0.4, -0.2) is 33.9 Å². The molecule has 1 aromatic carbocycles. The van der Waals surface area contributed by atoms with E-state index in [-0.39, 0.29) is 12.3 Å². The zero-order valence-electron chi connectivity index (χ0n) is 18.8. The zero-order valence-corrected chi connectivity index (χ0v) is 21.2. The van der Waals surface area contributed by atoms with Crippen molar-refractivity contribution in [2.24, 2.45) is 0 Å². The average Bonchev–Trinajstić information content (AvgIpc) is 3.29. The number of hydrogen-bond acceptors (Lipinski definition) is 8. The van der Waals surface area contributed by atoms with Crippen LogP contribution in [0.4, 0.5) is 0 Å². The molecule has 0 radical (unpaired) electrons. The van der Waals surface area contributed by atoms with Gasteiger partial charge in [-0.3, -0.25) is 4.79 Å². The van der Waals surface area contributed by atoms with Gasteiger partial charge in [-0.2, -0.15) is 0 Å². The van der Waals surface area contributed by atoms with Gasteiger partial charge in [0.2, 0.25) is 11.8 Å². The van der Waals surface area contributed by atoms with Crippen molar-refractivity contribution in [1.29, 1.82) is 0 Å². The van der Waals surface area contributed by atoms with Gasteiger partial charge >= 0.3 is 5.97 Å². The minimum Gasteiger partial charge on any atom is -0.494 e. The maximum atomic E-state index is 11.8. The minimum atomic E-state index is -0.547. The third kappa shape index (κ3) is 7.68. The second-order valence-corrected chi connectivity index (χ2v) is 8.62. The predicted octanol–water partition coefficient (Wildman–Crippen LogP) is 5.98. The number of carbonyl (C=O) groups excluding carboxylic acids is 1. The number of methoxy groups -OCH3 is 1. The van der Waals surface area contributed by atoms with E-state index in [9.17, 15) is 4.79 Å². The quantitative estimate of drug-likeness (QED) is 0.399. The summed E-state index contributed by atoms with van der Waals surface area (Å²) in [7, 11) is 1.61. The number of benzene rings is 1. The maximum absolute atomic E-state index is 11.8. The van der Waals surface area contributed by atoms with Crippen molar-refractivity contribution in [3.63, 3.8) is 0 Å². The van der Waals surface area contributed by atoms with E-state index >= 15 is 0 Å². The van der Waals surface area contributed by atoms with Crippen LogP contribution in [0.15, 0.2) is 21.0 Å². The van der Waals surface area contributed by atoms with Gasteiger partial charge in [0.15, 0.2) is 0 Å². The largest absolute Gasteiger partial charge is 0.494 e. The van der Waals surface area contributed by atoms with Crippen LogP contribution in [-0.2, 0) is 22.4 Å². The maximum Gasteiger partial charge on any atom is 0.315 e. The molecule has 30 heavy (non-hydrogen) atoms. The number of hydrogen-bond donors (Lipinski definition) is 0. The lowest BCUT2D eigenvalue weighted by molar-refractivity contribution is -0.154. The smallest absolute Gasteiger partial charge is 0.315 e. The summed E-state index contributed by atoms with van der Waals surface area (Å²) in [5.41, 5.74) is 0.248. The lowest BCUT2D eigenvalue weighted by Crippen LogP contribution is -2.24. The number of aromatic nitrogens is 3. The molecule has 0 saturated heterocycles. The Morgan fingerprint density at radius 3 is 2.37 bits per heavy atom. The number of thiazole rings is 1. The monoisotopic (exact) mass is 499 g/mol. The molecule has 7 nitrogen and oxygen atoms in total. The fraction of sp³-hybridized carbons (Fsp3) is 0.524. The Balaban J connectivity index is 0.00000106. The average molecular weight is 500 g/mol. The summed E-state index contributed by atoms with van der Waals surface area (Å²) in [6.45, 7) is 13.4. The third-order valence-corrected chi connectivity index (χ3v) is 4.68. The summed E-state index contributed by atoms with van der Waals surface area (Å²) in [5, 5.41) is 8.73. The van der Waals surface area contributed by atoms with Crippen LogP contribution < -0.4 is 4.74 Å². The van der Waals surface area contributed by atoms with Crippen molar-refractivity contribution in [2.45, 2.75) is 66.9 Å².